The van der Waals surface area contributed by atoms with Crippen LogP contribution in [0.4, 0.5) is 0 Å². The molecule has 1 fully saturated rings. The number of aryl methyl sites for hydroxylation is 1. The summed E-state index contributed by atoms with van der Waals surface area (Å²) in [5, 5.41) is 0.724. The normalized spacial score (nSPS) is 23.4. The van der Waals surface area contributed by atoms with E-state index in [0.29, 0.717) is 6.42 Å². The van der Waals surface area contributed by atoms with Crippen molar-refractivity contribution in [2.24, 2.45) is 5.73 Å². The zero-order valence-corrected chi connectivity index (χ0v) is 12.1. The fraction of sp³-hybridized carbons (Fsp3) is 0.533. The summed E-state index contributed by atoms with van der Waals surface area (Å²) in [5.41, 5.74) is 7.03. The van der Waals surface area contributed by atoms with E-state index in [1.165, 1.54) is 0 Å². The first-order chi connectivity index (χ1) is 9.06. The fourth-order valence-corrected chi connectivity index (χ4v) is 2.88. The number of nitrogens with two attached hydrogens (primary N) is 1. The van der Waals surface area contributed by atoms with Crippen LogP contribution in [0.5, 0.6) is 0 Å². The van der Waals surface area contributed by atoms with Crippen molar-refractivity contribution in [3.05, 3.63) is 34.9 Å². The molecule has 1 aliphatic heterocycles. The van der Waals surface area contributed by atoms with Crippen LogP contribution >= 0.6 is 11.6 Å². The molecule has 3 nitrogen and oxygen atoms in total. The number of carbonyl (C=O) groups excluding carboxylic acids is 1. The van der Waals surface area contributed by atoms with Crippen LogP contribution in [0.15, 0.2) is 24.3 Å². The van der Waals surface area contributed by atoms with Crippen molar-refractivity contribution in [2.45, 2.75) is 44.7 Å². The van der Waals surface area contributed by atoms with Crippen molar-refractivity contribution in [2.75, 3.05) is 6.54 Å². The van der Waals surface area contributed by atoms with E-state index in [9.17, 15) is 4.79 Å². The molecule has 19 heavy (non-hydrogen) atoms. The average molecular weight is 281 g/mol. The predicted molar refractivity (Wildman–Crippen MR) is 78.2 cm³/mol. The van der Waals surface area contributed by atoms with E-state index in [1.807, 2.05) is 29.2 Å². The molecule has 0 bridgehead atoms. The summed E-state index contributed by atoms with van der Waals surface area (Å²) in [5.74, 6) is 0.222. The van der Waals surface area contributed by atoms with Crippen molar-refractivity contribution in [1.82, 2.24) is 4.90 Å². The molecule has 1 saturated heterocycles. The number of piperidine rings is 1. The first-order valence-corrected chi connectivity index (χ1v) is 7.23. The molecule has 0 aromatic heterocycles. The van der Waals surface area contributed by atoms with Gasteiger partial charge in [0.05, 0.1) is 0 Å². The molecule has 0 aliphatic carbocycles. The Bertz CT molecular complexity index is 450. The summed E-state index contributed by atoms with van der Waals surface area (Å²) in [6.07, 6.45) is 3.10. The van der Waals surface area contributed by atoms with Crippen LogP contribution in [0, 0.1) is 0 Å². The summed E-state index contributed by atoms with van der Waals surface area (Å²) in [6.45, 7) is 2.87. The fourth-order valence-electron chi connectivity index (χ4n) is 2.67. The van der Waals surface area contributed by atoms with Gasteiger partial charge in [-0.2, -0.15) is 0 Å². The van der Waals surface area contributed by atoms with Gasteiger partial charge in [0, 0.05) is 30.1 Å². The lowest BCUT2D eigenvalue weighted by molar-refractivity contribution is -0.134. The molecule has 2 rings (SSSR count). The van der Waals surface area contributed by atoms with Gasteiger partial charge in [-0.25, -0.2) is 0 Å². The first kappa shape index (κ1) is 14.4. The van der Waals surface area contributed by atoms with Crippen LogP contribution in [-0.4, -0.2) is 29.4 Å². The molecule has 0 saturated carbocycles. The van der Waals surface area contributed by atoms with E-state index in [2.05, 4.69) is 6.92 Å². The standard InChI is InChI=1S/C15H21ClN2O/c1-11-9-14(17)7-8-18(11)15(19)6-5-12-3-2-4-13(16)10-12/h2-4,10-11,14H,5-9,17H2,1H3. The highest BCUT2D eigenvalue weighted by Gasteiger charge is 2.26. The number of benzene rings is 1. The summed E-state index contributed by atoms with van der Waals surface area (Å²) in [4.78, 5) is 14.2. The van der Waals surface area contributed by atoms with E-state index in [-0.39, 0.29) is 18.0 Å². The second-order valence-corrected chi connectivity index (χ2v) is 5.79. The van der Waals surface area contributed by atoms with Crippen LogP contribution in [-0.2, 0) is 11.2 Å². The second kappa shape index (κ2) is 6.40. The Kier molecular flexibility index (Phi) is 4.83. The molecular weight excluding hydrogens is 260 g/mol. The van der Waals surface area contributed by atoms with Gasteiger partial charge in [0.15, 0.2) is 0 Å². The van der Waals surface area contributed by atoms with Crippen LogP contribution in [0.2, 0.25) is 5.02 Å². The Morgan fingerprint density at radius 1 is 1.53 bits per heavy atom. The molecule has 2 N–H and O–H groups in total. The molecule has 2 unspecified atom stereocenters. The third-order valence-electron chi connectivity index (χ3n) is 3.75. The molecule has 4 heteroatoms. The summed E-state index contributed by atoms with van der Waals surface area (Å²) >= 11 is 5.94. The zero-order chi connectivity index (χ0) is 13.8. The van der Waals surface area contributed by atoms with Crippen molar-refractivity contribution in [3.63, 3.8) is 0 Å². The van der Waals surface area contributed by atoms with E-state index < -0.39 is 0 Å². The van der Waals surface area contributed by atoms with Gasteiger partial charge >= 0.3 is 0 Å². The lowest BCUT2D eigenvalue weighted by atomic mass is 9.98. The van der Waals surface area contributed by atoms with Crippen molar-refractivity contribution in [3.8, 4) is 0 Å². The Morgan fingerprint density at radius 3 is 3.00 bits per heavy atom. The minimum atomic E-state index is 0.222. The molecule has 1 heterocycles. The molecule has 1 aromatic rings. The van der Waals surface area contributed by atoms with E-state index in [1.54, 1.807) is 0 Å². The van der Waals surface area contributed by atoms with Gasteiger partial charge in [0.2, 0.25) is 5.91 Å². The average Bonchev–Trinajstić information content (AvgIpc) is 2.36. The van der Waals surface area contributed by atoms with Gasteiger partial charge in [-0.1, -0.05) is 23.7 Å². The molecule has 0 spiro atoms. The first-order valence-electron chi connectivity index (χ1n) is 6.86. The topological polar surface area (TPSA) is 46.3 Å². The van der Waals surface area contributed by atoms with E-state index in [0.717, 1.165) is 36.4 Å². The zero-order valence-electron chi connectivity index (χ0n) is 11.3. The Balaban J connectivity index is 1.87. The van der Waals surface area contributed by atoms with Gasteiger partial charge in [0.25, 0.3) is 0 Å². The van der Waals surface area contributed by atoms with Crippen molar-refractivity contribution >= 4 is 17.5 Å². The monoisotopic (exact) mass is 280 g/mol. The van der Waals surface area contributed by atoms with Crippen LogP contribution in [0.1, 0.15) is 31.7 Å². The number of nitrogens with zero attached hydrogens (tertiary/aromatic N) is 1. The quantitative estimate of drug-likeness (QED) is 0.925. The summed E-state index contributed by atoms with van der Waals surface area (Å²) < 4.78 is 0. The van der Waals surface area contributed by atoms with Gasteiger partial charge in [-0.15, -0.1) is 0 Å². The largest absolute Gasteiger partial charge is 0.340 e. The highest BCUT2D eigenvalue weighted by atomic mass is 35.5. The third kappa shape index (κ3) is 3.95. The van der Waals surface area contributed by atoms with Crippen molar-refractivity contribution in [1.29, 1.82) is 0 Å². The molecule has 0 radical (unpaired) electrons. The molecule has 1 aromatic carbocycles. The number of hydrogen-bond donors (Lipinski definition) is 1. The maximum Gasteiger partial charge on any atom is 0.223 e. The van der Waals surface area contributed by atoms with Gasteiger partial charge < -0.3 is 10.6 Å². The molecular formula is C15H21ClN2O. The lowest BCUT2D eigenvalue weighted by Gasteiger charge is -2.36. The van der Waals surface area contributed by atoms with Crippen molar-refractivity contribution < 1.29 is 4.79 Å². The number of likely N-dealkylation sites (tertiary alicyclic amines) is 1. The van der Waals surface area contributed by atoms with Crippen LogP contribution in [0.25, 0.3) is 0 Å². The second-order valence-electron chi connectivity index (χ2n) is 5.35. The van der Waals surface area contributed by atoms with Gasteiger partial charge in [-0.3, -0.25) is 4.79 Å². The van der Waals surface area contributed by atoms with Gasteiger partial charge in [-0.05, 0) is 43.9 Å². The maximum absolute atomic E-state index is 12.2. The Labute approximate surface area is 119 Å². The SMILES string of the molecule is CC1CC(N)CCN1C(=O)CCc1cccc(Cl)c1. The molecule has 2 atom stereocenters. The summed E-state index contributed by atoms with van der Waals surface area (Å²) in [7, 11) is 0. The molecule has 1 amide bonds. The van der Waals surface area contributed by atoms with Crippen LogP contribution < -0.4 is 5.73 Å². The molecule has 104 valence electrons. The third-order valence-corrected chi connectivity index (χ3v) is 3.99. The lowest BCUT2D eigenvalue weighted by Crippen LogP contribution is -2.48. The molecule has 1 aliphatic rings. The number of halogens is 1. The smallest absolute Gasteiger partial charge is 0.223 e. The minimum absolute atomic E-state index is 0.222. The number of carbonyl (C=O) groups is 1. The maximum atomic E-state index is 12.2. The van der Waals surface area contributed by atoms with E-state index >= 15 is 0 Å². The van der Waals surface area contributed by atoms with E-state index in [4.69, 9.17) is 17.3 Å². The summed E-state index contributed by atoms with van der Waals surface area (Å²) in [6, 6.07) is 8.20. The Morgan fingerprint density at radius 2 is 2.32 bits per heavy atom. The predicted octanol–water partition coefficient (Wildman–Crippen LogP) is 2.61. The number of amides is 1. The highest BCUT2D eigenvalue weighted by molar-refractivity contribution is 6.30. The number of rotatable bonds is 3. The van der Waals surface area contributed by atoms with Crippen LogP contribution in [0.3, 0.4) is 0 Å². The highest BCUT2D eigenvalue weighted by Crippen LogP contribution is 2.18. The minimum Gasteiger partial charge on any atom is -0.340 e. The van der Waals surface area contributed by atoms with Gasteiger partial charge in [0.1, 0.15) is 0 Å². The Hall–Kier alpha value is -1.06. The number of hydrogen-bond acceptors (Lipinski definition) is 2.